The number of aryl methyl sites for hydroxylation is 1. The quantitative estimate of drug-likeness (QED) is 0.895. The fourth-order valence-corrected chi connectivity index (χ4v) is 2.62. The highest BCUT2D eigenvalue weighted by molar-refractivity contribution is 5.94. The molecule has 0 saturated carbocycles. The van der Waals surface area contributed by atoms with Gasteiger partial charge in [0.05, 0.1) is 0 Å². The van der Waals surface area contributed by atoms with Gasteiger partial charge in [-0.3, -0.25) is 4.79 Å². The summed E-state index contributed by atoms with van der Waals surface area (Å²) in [4.78, 5) is 26.6. The predicted molar refractivity (Wildman–Crippen MR) is 92.4 cm³/mol. The van der Waals surface area contributed by atoms with Crippen molar-refractivity contribution in [1.82, 2.24) is 10.2 Å². The Hall–Kier alpha value is -2.04. The van der Waals surface area contributed by atoms with Gasteiger partial charge in [0.2, 0.25) is 5.91 Å². The Morgan fingerprint density at radius 1 is 1.26 bits per heavy atom. The number of amides is 3. The van der Waals surface area contributed by atoms with Crippen molar-refractivity contribution in [3.05, 3.63) is 29.8 Å². The van der Waals surface area contributed by atoms with Crippen LogP contribution in [0.5, 0.6) is 0 Å². The van der Waals surface area contributed by atoms with Crippen LogP contribution in [0, 0.1) is 6.92 Å². The van der Waals surface area contributed by atoms with E-state index in [1.165, 1.54) is 0 Å². The van der Waals surface area contributed by atoms with Gasteiger partial charge in [-0.25, -0.2) is 4.79 Å². The Labute approximate surface area is 138 Å². The van der Waals surface area contributed by atoms with E-state index in [2.05, 4.69) is 10.6 Å². The van der Waals surface area contributed by atoms with Gasteiger partial charge in [0.25, 0.3) is 0 Å². The van der Waals surface area contributed by atoms with Crippen molar-refractivity contribution in [2.24, 2.45) is 0 Å². The number of likely N-dealkylation sites (tertiary alicyclic amines) is 1. The van der Waals surface area contributed by atoms with Crippen molar-refractivity contribution in [3.63, 3.8) is 0 Å². The lowest BCUT2D eigenvalue weighted by molar-refractivity contribution is -0.126. The summed E-state index contributed by atoms with van der Waals surface area (Å²) in [6, 6.07) is 7.06. The normalized spacial score (nSPS) is 17.9. The molecule has 1 aromatic carbocycles. The molecule has 0 aliphatic carbocycles. The number of anilines is 1. The monoisotopic (exact) mass is 317 g/mol. The second-order valence-corrected chi connectivity index (χ2v) is 6.87. The first-order valence-electron chi connectivity index (χ1n) is 8.29. The van der Waals surface area contributed by atoms with E-state index in [1.807, 2.05) is 52.0 Å². The second kappa shape index (κ2) is 7.02. The number of benzene rings is 1. The topological polar surface area (TPSA) is 61.4 Å². The first kappa shape index (κ1) is 17.3. The van der Waals surface area contributed by atoms with Crippen molar-refractivity contribution in [2.75, 3.05) is 11.9 Å². The summed E-state index contributed by atoms with van der Waals surface area (Å²) >= 11 is 0. The Kier molecular flexibility index (Phi) is 5.29. The van der Waals surface area contributed by atoms with E-state index in [1.54, 1.807) is 4.90 Å². The van der Waals surface area contributed by atoms with Crippen LogP contribution in [0.15, 0.2) is 24.3 Å². The molecule has 5 nitrogen and oxygen atoms in total. The van der Waals surface area contributed by atoms with E-state index in [-0.39, 0.29) is 23.5 Å². The van der Waals surface area contributed by atoms with E-state index in [4.69, 9.17) is 0 Å². The molecule has 1 saturated heterocycles. The molecular weight excluding hydrogens is 290 g/mol. The fourth-order valence-electron chi connectivity index (χ4n) is 2.62. The van der Waals surface area contributed by atoms with Crippen molar-refractivity contribution in [3.8, 4) is 0 Å². The largest absolute Gasteiger partial charge is 0.349 e. The highest BCUT2D eigenvalue weighted by Crippen LogP contribution is 2.20. The summed E-state index contributed by atoms with van der Waals surface area (Å²) in [5, 5.41) is 5.92. The molecular formula is C18H27N3O2. The first-order chi connectivity index (χ1) is 10.8. The summed E-state index contributed by atoms with van der Waals surface area (Å²) in [5.41, 5.74) is 1.64. The molecule has 0 spiro atoms. The number of rotatable bonds is 4. The van der Waals surface area contributed by atoms with Crippen LogP contribution in [-0.4, -0.2) is 35.0 Å². The maximum absolute atomic E-state index is 12.5. The highest BCUT2D eigenvalue weighted by Gasteiger charge is 2.35. The lowest BCUT2D eigenvalue weighted by Gasteiger charge is -2.30. The highest BCUT2D eigenvalue weighted by atomic mass is 16.2. The Bertz CT molecular complexity index is 566. The summed E-state index contributed by atoms with van der Waals surface area (Å²) in [6.07, 6.45) is 2.42. The average Bonchev–Trinajstić information content (AvgIpc) is 2.99. The number of carbonyl (C=O) groups excluding carboxylic acids is 2. The number of nitrogens with one attached hydrogen (secondary N) is 2. The zero-order valence-electron chi connectivity index (χ0n) is 14.5. The standard InChI is InChI=1S/C18H27N3O2/c1-5-18(3,4)20-16(22)15-7-6-12-21(15)17(23)19-14-10-8-13(2)9-11-14/h8-11,15H,5-7,12H2,1-4H3,(H,19,23)(H,20,22). The maximum atomic E-state index is 12.5. The SMILES string of the molecule is CCC(C)(C)NC(=O)C1CCCN1C(=O)Nc1ccc(C)cc1. The third-order valence-corrected chi connectivity index (χ3v) is 4.46. The second-order valence-electron chi connectivity index (χ2n) is 6.87. The van der Waals surface area contributed by atoms with E-state index in [0.717, 1.165) is 24.1 Å². The van der Waals surface area contributed by atoms with Gasteiger partial charge in [-0.05, 0) is 52.2 Å². The zero-order chi connectivity index (χ0) is 17.0. The van der Waals surface area contributed by atoms with E-state index in [9.17, 15) is 9.59 Å². The molecule has 1 aliphatic rings. The number of carbonyl (C=O) groups is 2. The lowest BCUT2D eigenvalue weighted by atomic mass is 10.0. The number of hydrogen-bond acceptors (Lipinski definition) is 2. The van der Waals surface area contributed by atoms with Crippen molar-refractivity contribution in [1.29, 1.82) is 0 Å². The van der Waals surface area contributed by atoms with E-state index in [0.29, 0.717) is 13.0 Å². The lowest BCUT2D eigenvalue weighted by Crippen LogP contribution is -2.53. The summed E-state index contributed by atoms with van der Waals surface area (Å²) < 4.78 is 0. The van der Waals surface area contributed by atoms with E-state index >= 15 is 0 Å². The third kappa shape index (κ3) is 4.47. The number of nitrogens with zero attached hydrogens (tertiary/aromatic N) is 1. The Balaban J connectivity index is 2.01. The zero-order valence-corrected chi connectivity index (χ0v) is 14.5. The molecule has 0 aromatic heterocycles. The van der Waals surface area contributed by atoms with Gasteiger partial charge in [0.15, 0.2) is 0 Å². The molecule has 2 N–H and O–H groups in total. The molecule has 5 heteroatoms. The molecule has 126 valence electrons. The third-order valence-electron chi connectivity index (χ3n) is 4.46. The maximum Gasteiger partial charge on any atom is 0.322 e. The van der Waals surface area contributed by atoms with Crippen LogP contribution >= 0.6 is 0 Å². The molecule has 3 amide bonds. The van der Waals surface area contributed by atoms with Gasteiger partial charge in [0.1, 0.15) is 6.04 Å². The minimum Gasteiger partial charge on any atom is -0.349 e. The van der Waals surface area contributed by atoms with Gasteiger partial charge < -0.3 is 15.5 Å². The Morgan fingerprint density at radius 2 is 1.91 bits per heavy atom. The molecule has 1 aliphatic heterocycles. The summed E-state index contributed by atoms with van der Waals surface area (Å²) in [5.74, 6) is -0.0617. The van der Waals surface area contributed by atoms with Crippen LogP contribution < -0.4 is 10.6 Å². The molecule has 1 heterocycles. The van der Waals surface area contributed by atoms with Crippen LogP contribution in [0.2, 0.25) is 0 Å². The molecule has 0 radical (unpaired) electrons. The van der Waals surface area contributed by atoms with Crippen LogP contribution in [0.1, 0.15) is 45.6 Å². The molecule has 2 rings (SSSR count). The molecule has 23 heavy (non-hydrogen) atoms. The minimum atomic E-state index is -0.383. The van der Waals surface area contributed by atoms with Gasteiger partial charge in [0, 0.05) is 17.8 Å². The van der Waals surface area contributed by atoms with Crippen LogP contribution in [0.3, 0.4) is 0 Å². The van der Waals surface area contributed by atoms with Crippen molar-refractivity contribution < 1.29 is 9.59 Å². The minimum absolute atomic E-state index is 0.0617. The van der Waals surface area contributed by atoms with Gasteiger partial charge in [-0.15, -0.1) is 0 Å². The van der Waals surface area contributed by atoms with Crippen LogP contribution in [0.25, 0.3) is 0 Å². The Morgan fingerprint density at radius 3 is 2.52 bits per heavy atom. The fraction of sp³-hybridized carbons (Fsp3) is 0.556. The molecule has 0 bridgehead atoms. The number of hydrogen-bond donors (Lipinski definition) is 2. The van der Waals surface area contributed by atoms with Gasteiger partial charge in [-0.1, -0.05) is 24.6 Å². The van der Waals surface area contributed by atoms with Gasteiger partial charge in [-0.2, -0.15) is 0 Å². The molecule has 1 atom stereocenters. The average molecular weight is 317 g/mol. The molecule has 1 fully saturated rings. The van der Waals surface area contributed by atoms with Crippen LogP contribution in [-0.2, 0) is 4.79 Å². The summed E-state index contributed by atoms with van der Waals surface area (Å²) in [7, 11) is 0. The number of urea groups is 1. The van der Waals surface area contributed by atoms with Crippen molar-refractivity contribution >= 4 is 17.6 Å². The van der Waals surface area contributed by atoms with Gasteiger partial charge >= 0.3 is 6.03 Å². The molecule has 1 unspecified atom stereocenters. The molecule has 1 aromatic rings. The van der Waals surface area contributed by atoms with Crippen molar-refractivity contribution in [2.45, 2.75) is 58.5 Å². The van der Waals surface area contributed by atoms with E-state index < -0.39 is 0 Å². The van der Waals surface area contributed by atoms with Crippen LogP contribution in [0.4, 0.5) is 10.5 Å². The predicted octanol–water partition coefficient (Wildman–Crippen LogP) is 3.30. The first-order valence-corrected chi connectivity index (χ1v) is 8.29. The summed E-state index contributed by atoms with van der Waals surface area (Å²) in [6.45, 7) is 8.65. The smallest absolute Gasteiger partial charge is 0.322 e.